The summed E-state index contributed by atoms with van der Waals surface area (Å²) >= 11 is 7.78. The number of hydrogen-bond donors (Lipinski definition) is 1. The number of nitrogens with one attached hydrogen (secondary N) is 1. The van der Waals surface area contributed by atoms with Crippen molar-refractivity contribution in [1.29, 1.82) is 0 Å². The lowest BCUT2D eigenvalue weighted by Gasteiger charge is -2.15. The van der Waals surface area contributed by atoms with Gasteiger partial charge < -0.3 is 5.32 Å². The maximum Gasteiger partial charge on any atom is 0.0900 e. The molecule has 2 aromatic rings. The summed E-state index contributed by atoms with van der Waals surface area (Å²) in [5, 5.41) is 5.11. The topological polar surface area (TPSA) is 37.8 Å². The van der Waals surface area contributed by atoms with E-state index in [-0.39, 0.29) is 6.04 Å². The number of nitrogens with zero attached hydrogens (tertiary/aromatic N) is 2. The number of aryl methyl sites for hydroxylation is 2. The van der Waals surface area contributed by atoms with Crippen LogP contribution in [0.5, 0.6) is 0 Å². The highest BCUT2D eigenvalue weighted by Crippen LogP contribution is 2.29. The second kappa shape index (κ2) is 5.02. The van der Waals surface area contributed by atoms with E-state index in [1.807, 2.05) is 19.9 Å². The summed E-state index contributed by atoms with van der Waals surface area (Å²) in [6.07, 6.45) is 3.37. The van der Waals surface area contributed by atoms with Crippen molar-refractivity contribution in [3.8, 4) is 0 Å². The third-order valence-corrected chi connectivity index (χ3v) is 4.03. The minimum Gasteiger partial charge on any atom is -0.376 e. The maximum absolute atomic E-state index is 6.06. The van der Waals surface area contributed by atoms with Gasteiger partial charge in [-0.2, -0.15) is 0 Å². The van der Waals surface area contributed by atoms with Gasteiger partial charge in [0.15, 0.2) is 0 Å². The van der Waals surface area contributed by atoms with Crippen LogP contribution in [-0.4, -0.2) is 9.97 Å². The Morgan fingerprint density at radius 2 is 2.18 bits per heavy atom. The molecule has 5 heteroatoms. The monoisotopic (exact) mass is 267 g/mol. The largest absolute Gasteiger partial charge is 0.376 e. The van der Waals surface area contributed by atoms with E-state index in [2.05, 4.69) is 22.2 Å². The molecule has 3 nitrogen and oxygen atoms in total. The summed E-state index contributed by atoms with van der Waals surface area (Å²) in [4.78, 5) is 9.64. The van der Waals surface area contributed by atoms with Gasteiger partial charge in [-0.15, -0.1) is 11.3 Å². The van der Waals surface area contributed by atoms with Crippen LogP contribution in [0.4, 0.5) is 5.69 Å². The lowest BCUT2D eigenvalue weighted by atomic mass is 10.2. The first-order chi connectivity index (χ1) is 8.08. The van der Waals surface area contributed by atoms with Gasteiger partial charge in [0.1, 0.15) is 0 Å². The van der Waals surface area contributed by atoms with E-state index in [1.54, 1.807) is 23.7 Å². The maximum atomic E-state index is 6.06. The Bertz CT molecular complexity index is 524. The van der Waals surface area contributed by atoms with E-state index in [1.165, 1.54) is 4.88 Å². The molecule has 0 aromatic carbocycles. The molecule has 2 rings (SSSR count). The van der Waals surface area contributed by atoms with E-state index >= 15 is 0 Å². The van der Waals surface area contributed by atoms with Gasteiger partial charge in [0, 0.05) is 17.3 Å². The standard InChI is InChI=1S/C12H14ClN3S/c1-7-12(17-9(3)15-7)8(2)16-11-4-5-14-6-10(11)13/h4-6,8H,1-3H3,(H,14,16). The Labute approximate surface area is 110 Å². The molecule has 90 valence electrons. The highest BCUT2D eigenvalue weighted by Gasteiger charge is 2.13. The molecule has 2 heterocycles. The molecule has 0 aliphatic carbocycles. The van der Waals surface area contributed by atoms with Gasteiger partial charge in [-0.3, -0.25) is 4.98 Å². The number of halogens is 1. The van der Waals surface area contributed by atoms with Gasteiger partial charge in [0.2, 0.25) is 0 Å². The number of rotatable bonds is 3. The van der Waals surface area contributed by atoms with Crippen molar-refractivity contribution < 1.29 is 0 Å². The fraction of sp³-hybridized carbons (Fsp3) is 0.333. The normalized spacial score (nSPS) is 12.5. The molecular weight excluding hydrogens is 254 g/mol. The van der Waals surface area contributed by atoms with Gasteiger partial charge in [0.25, 0.3) is 0 Å². The third kappa shape index (κ3) is 2.76. The number of anilines is 1. The van der Waals surface area contributed by atoms with Crippen LogP contribution in [0.3, 0.4) is 0 Å². The highest BCUT2D eigenvalue weighted by atomic mass is 35.5. The van der Waals surface area contributed by atoms with Crippen LogP contribution in [0.2, 0.25) is 5.02 Å². The Hall–Kier alpha value is -1.13. The van der Waals surface area contributed by atoms with Gasteiger partial charge in [0.05, 0.1) is 27.5 Å². The van der Waals surface area contributed by atoms with Crippen LogP contribution in [0.15, 0.2) is 18.5 Å². The van der Waals surface area contributed by atoms with Crippen LogP contribution in [0, 0.1) is 13.8 Å². The van der Waals surface area contributed by atoms with Gasteiger partial charge >= 0.3 is 0 Å². The third-order valence-electron chi connectivity index (χ3n) is 2.48. The molecule has 0 spiro atoms. The Balaban J connectivity index is 2.20. The molecule has 1 unspecified atom stereocenters. The molecule has 0 bridgehead atoms. The molecule has 17 heavy (non-hydrogen) atoms. The van der Waals surface area contributed by atoms with Crippen LogP contribution in [0.1, 0.15) is 28.5 Å². The van der Waals surface area contributed by atoms with Crippen LogP contribution in [0.25, 0.3) is 0 Å². The zero-order valence-electron chi connectivity index (χ0n) is 9.99. The SMILES string of the molecule is Cc1nc(C)c(C(C)Nc2ccncc2Cl)s1. The van der Waals surface area contributed by atoms with Crippen molar-refractivity contribution in [2.24, 2.45) is 0 Å². The summed E-state index contributed by atoms with van der Waals surface area (Å²) < 4.78 is 0. The molecule has 1 N–H and O–H groups in total. The average Bonchev–Trinajstić information content (AvgIpc) is 2.61. The zero-order chi connectivity index (χ0) is 12.4. The predicted octanol–water partition coefficient (Wildman–Crippen LogP) is 3.98. The van der Waals surface area contributed by atoms with E-state index < -0.39 is 0 Å². The number of thiazole rings is 1. The Morgan fingerprint density at radius 1 is 1.41 bits per heavy atom. The van der Waals surface area contributed by atoms with Crippen molar-refractivity contribution in [3.05, 3.63) is 39.1 Å². The minimum atomic E-state index is 0.195. The predicted molar refractivity (Wildman–Crippen MR) is 72.9 cm³/mol. The summed E-state index contributed by atoms with van der Waals surface area (Å²) in [6.45, 7) is 6.16. The molecule has 0 saturated carbocycles. The van der Waals surface area contributed by atoms with Gasteiger partial charge in [-0.05, 0) is 26.8 Å². The van der Waals surface area contributed by atoms with Gasteiger partial charge in [-0.1, -0.05) is 11.6 Å². The molecule has 0 amide bonds. The summed E-state index contributed by atoms with van der Waals surface area (Å²) in [5.74, 6) is 0. The summed E-state index contributed by atoms with van der Waals surface area (Å²) in [7, 11) is 0. The molecule has 0 saturated heterocycles. The van der Waals surface area contributed by atoms with Gasteiger partial charge in [-0.25, -0.2) is 4.98 Å². The minimum absolute atomic E-state index is 0.195. The first kappa shape index (κ1) is 12.3. The molecule has 0 radical (unpaired) electrons. The van der Waals surface area contributed by atoms with Crippen molar-refractivity contribution in [3.63, 3.8) is 0 Å². The Morgan fingerprint density at radius 3 is 2.76 bits per heavy atom. The summed E-state index contributed by atoms with van der Waals surface area (Å²) in [6, 6.07) is 2.07. The van der Waals surface area contributed by atoms with Crippen molar-refractivity contribution >= 4 is 28.6 Å². The molecular formula is C12H14ClN3S. The molecule has 2 aromatic heterocycles. The Kier molecular flexibility index (Phi) is 3.64. The molecule has 0 fully saturated rings. The van der Waals surface area contributed by atoms with E-state index in [0.29, 0.717) is 5.02 Å². The average molecular weight is 268 g/mol. The highest BCUT2D eigenvalue weighted by molar-refractivity contribution is 7.11. The molecule has 0 aliphatic rings. The number of aromatic nitrogens is 2. The second-order valence-electron chi connectivity index (χ2n) is 3.90. The lowest BCUT2D eigenvalue weighted by Crippen LogP contribution is -2.06. The molecule has 0 aliphatic heterocycles. The van der Waals surface area contributed by atoms with E-state index in [9.17, 15) is 0 Å². The zero-order valence-corrected chi connectivity index (χ0v) is 11.6. The van der Waals surface area contributed by atoms with E-state index in [4.69, 9.17) is 11.6 Å². The number of pyridine rings is 1. The van der Waals surface area contributed by atoms with Crippen molar-refractivity contribution in [2.45, 2.75) is 26.8 Å². The van der Waals surface area contributed by atoms with Crippen molar-refractivity contribution in [1.82, 2.24) is 9.97 Å². The quantitative estimate of drug-likeness (QED) is 0.914. The second-order valence-corrected chi connectivity index (χ2v) is 5.55. The fourth-order valence-corrected chi connectivity index (χ4v) is 2.84. The van der Waals surface area contributed by atoms with E-state index in [0.717, 1.165) is 16.4 Å². The fourth-order valence-electron chi connectivity index (χ4n) is 1.74. The molecule has 1 atom stereocenters. The smallest absolute Gasteiger partial charge is 0.0900 e. The number of hydrogen-bond acceptors (Lipinski definition) is 4. The van der Waals surface area contributed by atoms with Crippen molar-refractivity contribution in [2.75, 3.05) is 5.32 Å². The summed E-state index contributed by atoms with van der Waals surface area (Å²) in [5.41, 5.74) is 1.98. The van der Waals surface area contributed by atoms with Crippen LogP contribution >= 0.6 is 22.9 Å². The van der Waals surface area contributed by atoms with Crippen LogP contribution < -0.4 is 5.32 Å². The first-order valence-corrected chi connectivity index (χ1v) is 6.57. The lowest BCUT2D eigenvalue weighted by molar-refractivity contribution is 0.889. The van der Waals surface area contributed by atoms with Crippen LogP contribution in [-0.2, 0) is 0 Å². The first-order valence-electron chi connectivity index (χ1n) is 5.38.